The van der Waals surface area contributed by atoms with Gasteiger partial charge in [0.05, 0.1) is 7.11 Å². The highest BCUT2D eigenvalue weighted by molar-refractivity contribution is 5.98. The van der Waals surface area contributed by atoms with Gasteiger partial charge in [-0.3, -0.25) is 4.79 Å². The number of hydrogen-bond donors (Lipinski definition) is 1. The Morgan fingerprint density at radius 3 is 2.87 bits per heavy atom. The van der Waals surface area contributed by atoms with Gasteiger partial charge in [-0.05, 0) is 62.1 Å². The predicted octanol–water partition coefficient (Wildman–Crippen LogP) is 4.20. The standard InChI is InChI=1S/C25H31N3O2/c1-3-28(25(29)24-16-21-8-4-5-10-23(21)26-24)18-20-12-14-27(17-20)13-11-19-7-6-9-22(15-19)30-2/h4-10,15-16,20,26H,3,11-14,17-18H2,1-2H3. The molecule has 0 aliphatic carbocycles. The van der Waals surface area contributed by atoms with Crippen LogP contribution in [0.15, 0.2) is 54.6 Å². The van der Waals surface area contributed by atoms with Gasteiger partial charge in [0.2, 0.25) is 0 Å². The highest BCUT2D eigenvalue weighted by Crippen LogP contribution is 2.21. The highest BCUT2D eigenvalue weighted by atomic mass is 16.5. The molecule has 2 aromatic carbocycles. The number of amides is 1. The van der Waals surface area contributed by atoms with Crippen LogP contribution in [0.4, 0.5) is 0 Å². The van der Waals surface area contributed by atoms with Crippen LogP contribution in [0.2, 0.25) is 0 Å². The van der Waals surface area contributed by atoms with Crippen LogP contribution in [0.3, 0.4) is 0 Å². The lowest BCUT2D eigenvalue weighted by Crippen LogP contribution is -2.36. The van der Waals surface area contributed by atoms with Gasteiger partial charge in [-0.1, -0.05) is 30.3 Å². The lowest BCUT2D eigenvalue weighted by Gasteiger charge is -2.24. The summed E-state index contributed by atoms with van der Waals surface area (Å²) >= 11 is 0. The van der Waals surface area contributed by atoms with Crippen molar-refractivity contribution in [1.29, 1.82) is 0 Å². The van der Waals surface area contributed by atoms with Crippen LogP contribution >= 0.6 is 0 Å². The van der Waals surface area contributed by atoms with Crippen LogP contribution in [0.1, 0.15) is 29.4 Å². The van der Waals surface area contributed by atoms with Gasteiger partial charge in [0.1, 0.15) is 11.4 Å². The molecule has 0 bridgehead atoms. The van der Waals surface area contributed by atoms with E-state index < -0.39 is 0 Å². The Morgan fingerprint density at radius 1 is 1.20 bits per heavy atom. The SMILES string of the molecule is CCN(CC1CCN(CCc2cccc(OC)c2)C1)C(=O)c1cc2ccccc2[nH]1. The molecule has 2 heterocycles. The molecule has 1 unspecified atom stereocenters. The van der Waals surface area contributed by atoms with E-state index in [1.54, 1.807) is 7.11 Å². The molecule has 0 radical (unpaired) electrons. The Kier molecular flexibility index (Phi) is 6.38. The van der Waals surface area contributed by atoms with E-state index in [-0.39, 0.29) is 5.91 Å². The van der Waals surface area contributed by atoms with Crippen LogP contribution in [0.5, 0.6) is 5.75 Å². The number of nitrogens with zero attached hydrogens (tertiary/aromatic N) is 2. The number of para-hydroxylation sites is 1. The van der Waals surface area contributed by atoms with E-state index >= 15 is 0 Å². The van der Waals surface area contributed by atoms with E-state index in [0.29, 0.717) is 11.6 Å². The first-order valence-corrected chi connectivity index (χ1v) is 10.9. The number of fused-ring (bicyclic) bond motifs is 1. The molecule has 1 amide bonds. The smallest absolute Gasteiger partial charge is 0.270 e. The Morgan fingerprint density at radius 2 is 2.07 bits per heavy atom. The zero-order chi connectivity index (χ0) is 20.9. The first kappa shape index (κ1) is 20.5. The Balaban J connectivity index is 1.31. The number of carbonyl (C=O) groups excluding carboxylic acids is 1. The van der Waals surface area contributed by atoms with Gasteiger partial charge in [0, 0.05) is 37.1 Å². The monoisotopic (exact) mass is 405 g/mol. The van der Waals surface area contributed by atoms with Gasteiger partial charge in [0.15, 0.2) is 0 Å². The molecule has 0 spiro atoms. The average Bonchev–Trinajstić information content (AvgIpc) is 3.42. The minimum absolute atomic E-state index is 0.100. The van der Waals surface area contributed by atoms with Crippen molar-refractivity contribution in [3.8, 4) is 5.75 Å². The summed E-state index contributed by atoms with van der Waals surface area (Å²) in [5.74, 6) is 1.55. The molecule has 158 valence electrons. The lowest BCUT2D eigenvalue weighted by molar-refractivity contribution is 0.0734. The molecule has 1 saturated heterocycles. The third-order valence-electron chi connectivity index (χ3n) is 6.13. The number of rotatable bonds is 8. The number of nitrogens with one attached hydrogen (secondary N) is 1. The van der Waals surface area contributed by atoms with Crippen LogP contribution in [-0.2, 0) is 6.42 Å². The van der Waals surface area contributed by atoms with Crippen LogP contribution in [0, 0.1) is 5.92 Å². The molecule has 1 N–H and O–H groups in total. The number of aromatic nitrogens is 1. The van der Waals surface area contributed by atoms with Crippen LogP contribution < -0.4 is 4.74 Å². The van der Waals surface area contributed by atoms with Crippen molar-refractivity contribution in [2.24, 2.45) is 5.92 Å². The fourth-order valence-electron chi connectivity index (χ4n) is 4.41. The molecule has 5 heteroatoms. The number of aromatic amines is 1. The van der Waals surface area contributed by atoms with Crippen LogP contribution in [0.25, 0.3) is 10.9 Å². The first-order chi connectivity index (χ1) is 14.7. The molecule has 1 atom stereocenters. The predicted molar refractivity (Wildman–Crippen MR) is 121 cm³/mol. The highest BCUT2D eigenvalue weighted by Gasteiger charge is 2.26. The normalized spacial score (nSPS) is 16.8. The minimum atomic E-state index is 0.100. The summed E-state index contributed by atoms with van der Waals surface area (Å²) < 4.78 is 5.32. The van der Waals surface area contributed by atoms with E-state index in [9.17, 15) is 4.79 Å². The number of ether oxygens (including phenoxy) is 1. The van der Waals surface area contributed by atoms with Crippen molar-refractivity contribution >= 4 is 16.8 Å². The maximum absolute atomic E-state index is 13.1. The summed E-state index contributed by atoms with van der Waals surface area (Å²) in [7, 11) is 1.71. The largest absolute Gasteiger partial charge is 0.497 e. The van der Waals surface area contributed by atoms with E-state index in [1.165, 1.54) is 5.56 Å². The number of hydrogen-bond acceptors (Lipinski definition) is 3. The van der Waals surface area contributed by atoms with E-state index in [0.717, 1.165) is 62.2 Å². The van der Waals surface area contributed by atoms with Crippen molar-refractivity contribution in [3.05, 3.63) is 65.9 Å². The minimum Gasteiger partial charge on any atom is -0.497 e. The second kappa shape index (κ2) is 9.35. The molecule has 5 nitrogen and oxygen atoms in total. The molecule has 4 rings (SSSR count). The third kappa shape index (κ3) is 4.68. The van der Waals surface area contributed by atoms with Gasteiger partial charge in [-0.25, -0.2) is 0 Å². The van der Waals surface area contributed by atoms with Crippen molar-refractivity contribution in [1.82, 2.24) is 14.8 Å². The van der Waals surface area contributed by atoms with Gasteiger partial charge in [0.25, 0.3) is 5.91 Å². The molecule has 1 aromatic heterocycles. The van der Waals surface area contributed by atoms with Crippen molar-refractivity contribution in [2.45, 2.75) is 19.8 Å². The lowest BCUT2D eigenvalue weighted by atomic mass is 10.1. The summed E-state index contributed by atoms with van der Waals surface area (Å²) in [6, 6.07) is 18.3. The molecule has 30 heavy (non-hydrogen) atoms. The van der Waals surface area contributed by atoms with Crippen molar-refractivity contribution in [3.63, 3.8) is 0 Å². The number of likely N-dealkylation sites (tertiary alicyclic amines) is 1. The van der Waals surface area contributed by atoms with Gasteiger partial charge >= 0.3 is 0 Å². The topological polar surface area (TPSA) is 48.6 Å². The summed E-state index contributed by atoms with van der Waals surface area (Å²) in [5, 5.41) is 1.08. The average molecular weight is 406 g/mol. The maximum atomic E-state index is 13.1. The molecule has 1 aliphatic rings. The number of carbonyl (C=O) groups is 1. The molecule has 1 aliphatic heterocycles. The van der Waals surface area contributed by atoms with Crippen molar-refractivity contribution < 1.29 is 9.53 Å². The molecule has 3 aromatic rings. The molecule has 0 saturated carbocycles. The molecular formula is C25H31N3O2. The number of benzene rings is 2. The Hall–Kier alpha value is -2.79. The number of H-pyrrole nitrogens is 1. The van der Waals surface area contributed by atoms with Crippen LogP contribution in [-0.4, -0.2) is 60.5 Å². The maximum Gasteiger partial charge on any atom is 0.270 e. The fourth-order valence-corrected chi connectivity index (χ4v) is 4.41. The zero-order valence-corrected chi connectivity index (χ0v) is 17.9. The van der Waals surface area contributed by atoms with E-state index in [4.69, 9.17) is 4.74 Å². The summed E-state index contributed by atoms with van der Waals surface area (Å²) in [6.07, 6.45) is 2.17. The third-order valence-corrected chi connectivity index (χ3v) is 6.13. The van der Waals surface area contributed by atoms with E-state index in [2.05, 4.69) is 35.0 Å². The molecule has 1 fully saturated rings. The Labute approximate surface area is 178 Å². The Bertz CT molecular complexity index is 964. The quantitative estimate of drug-likeness (QED) is 0.611. The number of methoxy groups -OCH3 is 1. The summed E-state index contributed by atoms with van der Waals surface area (Å²) in [4.78, 5) is 20.8. The zero-order valence-electron chi connectivity index (χ0n) is 17.9. The second-order valence-electron chi connectivity index (χ2n) is 8.17. The van der Waals surface area contributed by atoms with Crippen molar-refractivity contribution in [2.75, 3.05) is 39.8 Å². The fraction of sp³-hybridized carbons (Fsp3) is 0.400. The second-order valence-corrected chi connectivity index (χ2v) is 8.17. The van der Waals surface area contributed by atoms with Gasteiger partial charge in [-0.2, -0.15) is 0 Å². The molecular weight excluding hydrogens is 374 g/mol. The van der Waals surface area contributed by atoms with Gasteiger partial charge in [-0.15, -0.1) is 0 Å². The first-order valence-electron chi connectivity index (χ1n) is 10.9. The van der Waals surface area contributed by atoms with Gasteiger partial charge < -0.3 is 19.5 Å². The summed E-state index contributed by atoms with van der Waals surface area (Å²) in [5.41, 5.74) is 3.01. The summed E-state index contributed by atoms with van der Waals surface area (Å²) in [6.45, 7) is 6.82. The van der Waals surface area contributed by atoms with E-state index in [1.807, 2.05) is 41.3 Å².